The maximum atomic E-state index is 8.70. The summed E-state index contributed by atoms with van der Waals surface area (Å²) in [7, 11) is 0. The van der Waals surface area contributed by atoms with Crippen LogP contribution in [0.15, 0.2) is 0 Å². The quantitative estimate of drug-likeness (QED) is 0.649. The molecule has 0 amide bonds. The zero-order chi connectivity index (χ0) is 6.97. The third kappa shape index (κ3) is 1.53. The molecular formula is C8H16ClNO. The van der Waals surface area contributed by atoms with Crippen molar-refractivity contribution in [2.45, 2.75) is 12.8 Å². The van der Waals surface area contributed by atoms with Crippen LogP contribution in [0.2, 0.25) is 0 Å². The number of aliphatic hydroxyl groups is 1. The van der Waals surface area contributed by atoms with Crippen molar-refractivity contribution in [3.05, 3.63) is 0 Å². The molecule has 0 aromatic heterocycles. The summed E-state index contributed by atoms with van der Waals surface area (Å²) in [5.74, 6) is 2.70. The maximum absolute atomic E-state index is 8.70. The van der Waals surface area contributed by atoms with Crippen LogP contribution in [0.1, 0.15) is 12.8 Å². The average molecular weight is 178 g/mol. The lowest BCUT2D eigenvalue weighted by Gasteiger charge is -2.39. The van der Waals surface area contributed by atoms with Gasteiger partial charge >= 0.3 is 0 Å². The second-order valence-corrected chi connectivity index (χ2v) is 3.59. The first-order valence-corrected chi connectivity index (χ1v) is 4.23. The predicted molar refractivity (Wildman–Crippen MR) is 46.9 cm³/mol. The minimum Gasteiger partial charge on any atom is -0.396 e. The fourth-order valence-corrected chi connectivity index (χ4v) is 2.43. The van der Waals surface area contributed by atoms with Crippen molar-refractivity contribution in [3.63, 3.8) is 0 Å². The Labute approximate surface area is 73.8 Å². The van der Waals surface area contributed by atoms with Crippen LogP contribution in [0.4, 0.5) is 0 Å². The van der Waals surface area contributed by atoms with Crippen LogP contribution in [-0.2, 0) is 0 Å². The van der Waals surface area contributed by atoms with Crippen LogP contribution in [0, 0.1) is 17.8 Å². The van der Waals surface area contributed by atoms with Gasteiger partial charge in [-0.3, -0.25) is 0 Å². The minimum absolute atomic E-state index is 0. The van der Waals surface area contributed by atoms with E-state index in [-0.39, 0.29) is 12.4 Å². The maximum Gasteiger partial charge on any atom is 0.0433 e. The lowest BCUT2D eigenvalue weighted by molar-refractivity contribution is 0.0906. The number of hydrogen-bond acceptors (Lipinski definition) is 2. The summed E-state index contributed by atoms with van der Waals surface area (Å²) in [6.45, 7) is 2.82. The Morgan fingerprint density at radius 3 is 2.82 bits per heavy atom. The molecule has 0 aromatic rings. The van der Waals surface area contributed by atoms with Crippen molar-refractivity contribution in [1.82, 2.24) is 5.32 Å². The number of fused-ring (bicyclic) bond motifs is 1. The van der Waals surface area contributed by atoms with E-state index >= 15 is 0 Å². The van der Waals surface area contributed by atoms with Gasteiger partial charge in [0.1, 0.15) is 0 Å². The van der Waals surface area contributed by atoms with E-state index in [0.29, 0.717) is 6.61 Å². The second-order valence-electron chi connectivity index (χ2n) is 3.59. The Balaban J connectivity index is 0.000000605. The fourth-order valence-electron chi connectivity index (χ4n) is 2.43. The summed E-state index contributed by atoms with van der Waals surface area (Å²) in [5, 5.41) is 12.1. The molecule has 11 heavy (non-hydrogen) atoms. The molecule has 1 aliphatic heterocycles. The van der Waals surface area contributed by atoms with Gasteiger partial charge in [-0.05, 0) is 43.7 Å². The molecule has 2 aliphatic rings. The van der Waals surface area contributed by atoms with Gasteiger partial charge < -0.3 is 10.4 Å². The lowest BCUT2D eigenvalue weighted by atomic mass is 9.65. The highest BCUT2D eigenvalue weighted by molar-refractivity contribution is 5.85. The summed E-state index contributed by atoms with van der Waals surface area (Å²) in [6.07, 6.45) is 2.39. The number of hydrogen-bond donors (Lipinski definition) is 2. The Morgan fingerprint density at radius 1 is 1.36 bits per heavy atom. The molecule has 1 saturated carbocycles. The van der Waals surface area contributed by atoms with Crippen molar-refractivity contribution in [2.75, 3.05) is 19.7 Å². The van der Waals surface area contributed by atoms with Gasteiger partial charge in [-0.25, -0.2) is 0 Å². The number of aliphatic hydroxyl groups excluding tert-OH is 1. The molecule has 0 aromatic carbocycles. The van der Waals surface area contributed by atoms with Gasteiger partial charge in [-0.15, -0.1) is 12.4 Å². The highest BCUT2D eigenvalue weighted by Crippen LogP contribution is 2.44. The van der Waals surface area contributed by atoms with Gasteiger partial charge in [0.25, 0.3) is 0 Å². The van der Waals surface area contributed by atoms with Gasteiger partial charge in [0.15, 0.2) is 0 Å². The van der Waals surface area contributed by atoms with Crippen molar-refractivity contribution in [3.8, 4) is 0 Å². The van der Waals surface area contributed by atoms with E-state index in [1.807, 2.05) is 0 Å². The van der Waals surface area contributed by atoms with Crippen molar-refractivity contribution < 1.29 is 5.11 Å². The first kappa shape index (κ1) is 9.30. The Bertz CT molecular complexity index is 131. The largest absolute Gasteiger partial charge is 0.396 e. The molecule has 3 unspecified atom stereocenters. The molecule has 2 N–H and O–H groups in total. The van der Waals surface area contributed by atoms with E-state index in [4.69, 9.17) is 5.11 Å². The Morgan fingerprint density at radius 2 is 2.18 bits per heavy atom. The van der Waals surface area contributed by atoms with E-state index in [1.165, 1.54) is 19.5 Å². The van der Waals surface area contributed by atoms with Crippen molar-refractivity contribution >= 4 is 12.4 Å². The lowest BCUT2D eigenvalue weighted by Crippen LogP contribution is -2.35. The molecule has 0 radical (unpaired) electrons. The second kappa shape index (κ2) is 3.74. The first-order chi connectivity index (χ1) is 4.92. The van der Waals surface area contributed by atoms with Crippen LogP contribution < -0.4 is 5.32 Å². The van der Waals surface area contributed by atoms with Gasteiger partial charge in [0, 0.05) is 6.61 Å². The molecule has 3 heteroatoms. The highest BCUT2D eigenvalue weighted by Gasteiger charge is 2.42. The number of halogens is 1. The standard InChI is InChI=1S/C8H15NO.ClH/c10-2-1-6-3-7-4-9-5-8(6)7;/h6-10H,1-5H2;1H. The molecule has 1 aliphatic carbocycles. The molecule has 2 rings (SSSR count). The molecule has 0 bridgehead atoms. The SMILES string of the molecule is Cl.OCCC1CC2CNCC12. The zero-order valence-electron chi connectivity index (χ0n) is 6.62. The first-order valence-electron chi connectivity index (χ1n) is 4.23. The monoisotopic (exact) mass is 177 g/mol. The molecule has 66 valence electrons. The third-order valence-corrected chi connectivity index (χ3v) is 3.10. The summed E-state index contributed by atoms with van der Waals surface area (Å²) in [4.78, 5) is 0. The van der Waals surface area contributed by atoms with Gasteiger partial charge in [0.05, 0.1) is 0 Å². The molecule has 3 atom stereocenters. The zero-order valence-corrected chi connectivity index (χ0v) is 7.44. The van der Waals surface area contributed by atoms with Crippen LogP contribution in [0.5, 0.6) is 0 Å². The van der Waals surface area contributed by atoms with E-state index in [0.717, 1.165) is 24.2 Å². The van der Waals surface area contributed by atoms with Crippen LogP contribution in [0.3, 0.4) is 0 Å². The normalized spacial score (nSPS) is 40.6. The third-order valence-electron chi connectivity index (χ3n) is 3.10. The van der Waals surface area contributed by atoms with E-state index in [1.54, 1.807) is 0 Å². The number of nitrogens with one attached hydrogen (secondary N) is 1. The summed E-state index contributed by atoms with van der Waals surface area (Å²) in [5.41, 5.74) is 0. The van der Waals surface area contributed by atoms with Crippen molar-refractivity contribution in [2.24, 2.45) is 17.8 Å². The van der Waals surface area contributed by atoms with Crippen LogP contribution >= 0.6 is 12.4 Å². The topological polar surface area (TPSA) is 32.3 Å². The molecule has 1 saturated heterocycles. The smallest absolute Gasteiger partial charge is 0.0433 e. The summed E-state index contributed by atoms with van der Waals surface area (Å²) < 4.78 is 0. The van der Waals surface area contributed by atoms with E-state index in [2.05, 4.69) is 5.32 Å². The van der Waals surface area contributed by atoms with Crippen molar-refractivity contribution in [1.29, 1.82) is 0 Å². The van der Waals surface area contributed by atoms with Gasteiger partial charge in [-0.2, -0.15) is 0 Å². The summed E-state index contributed by atoms with van der Waals surface area (Å²) >= 11 is 0. The highest BCUT2D eigenvalue weighted by atomic mass is 35.5. The molecule has 0 spiro atoms. The fraction of sp³-hybridized carbons (Fsp3) is 1.00. The van der Waals surface area contributed by atoms with E-state index < -0.39 is 0 Å². The molecular weight excluding hydrogens is 162 g/mol. The van der Waals surface area contributed by atoms with Gasteiger partial charge in [0.2, 0.25) is 0 Å². The van der Waals surface area contributed by atoms with Crippen LogP contribution in [0.25, 0.3) is 0 Å². The molecule has 2 fully saturated rings. The van der Waals surface area contributed by atoms with Crippen LogP contribution in [-0.4, -0.2) is 24.8 Å². The Hall–Kier alpha value is 0.210. The average Bonchev–Trinajstić information content (AvgIpc) is 2.26. The summed E-state index contributed by atoms with van der Waals surface area (Å²) in [6, 6.07) is 0. The Kier molecular flexibility index (Phi) is 3.16. The number of rotatable bonds is 2. The van der Waals surface area contributed by atoms with E-state index in [9.17, 15) is 0 Å². The predicted octanol–water partition coefficient (Wildman–Crippen LogP) is 0.646. The minimum atomic E-state index is 0. The molecule has 2 nitrogen and oxygen atoms in total. The molecule has 1 heterocycles. The van der Waals surface area contributed by atoms with Gasteiger partial charge in [-0.1, -0.05) is 0 Å².